The molecule has 0 unspecified atom stereocenters. The highest BCUT2D eigenvalue weighted by Crippen LogP contribution is 2.22. The highest BCUT2D eigenvalue weighted by Gasteiger charge is 2.24. The number of piperazine rings is 1. The Morgan fingerprint density at radius 1 is 1.15 bits per heavy atom. The van der Waals surface area contributed by atoms with Gasteiger partial charge in [0.2, 0.25) is 10.0 Å². The lowest BCUT2D eigenvalue weighted by Crippen LogP contribution is -2.48. The third-order valence-electron chi connectivity index (χ3n) is 4.28. The first-order valence-corrected chi connectivity index (χ1v) is 10.0. The SMILES string of the molecule is CS(=O)(=O)N1CCN(c2cc(CN)nc(-c3ccc(C#N)cc3)n2)CC1. The Balaban J connectivity index is 1.87. The number of hydrogen-bond acceptors (Lipinski definition) is 7. The van der Waals surface area contributed by atoms with Crippen LogP contribution in [0.5, 0.6) is 0 Å². The minimum atomic E-state index is -3.17. The third kappa shape index (κ3) is 3.99. The molecule has 2 aromatic rings. The predicted molar refractivity (Wildman–Crippen MR) is 98.7 cm³/mol. The summed E-state index contributed by atoms with van der Waals surface area (Å²) in [5, 5.41) is 8.92. The van der Waals surface area contributed by atoms with Gasteiger partial charge in [-0.05, 0) is 24.3 Å². The van der Waals surface area contributed by atoms with Gasteiger partial charge in [-0.2, -0.15) is 9.57 Å². The lowest BCUT2D eigenvalue weighted by molar-refractivity contribution is 0.387. The first kappa shape index (κ1) is 18.3. The molecule has 26 heavy (non-hydrogen) atoms. The summed E-state index contributed by atoms with van der Waals surface area (Å²) in [7, 11) is -3.17. The summed E-state index contributed by atoms with van der Waals surface area (Å²) in [4.78, 5) is 11.1. The first-order valence-electron chi connectivity index (χ1n) is 8.19. The van der Waals surface area contributed by atoms with Crippen LogP contribution in [0.3, 0.4) is 0 Å². The Morgan fingerprint density at radius 2 is 1.81 bits per heavy atom. The molecule has 0 saturated carbocycles. The quantitative estimate of drug-likeness (QED) is 0.833. The van der Waals surface area contributed by atoms with Crippen molar-refractivity contribution in [3.05, 3.63) is 41.6 Å². The van der Waals surface area contributed by atoms with Crippen molar-refractivity contribution < 1.29 is 8.42 Å². The van der Waals surface area contributed by atoms with Crippen LogP contribution < -0.4 is 10.6 Å². The molecule has 1 aliphatic rings. The van der Waals surface area contributed by atoms with E-state index < -0.39 is 10.0 Å². The van der Waals surface area contributed by atoms with Gasteiger partial charge in [-0.25, -0.2) is 18.4 Å². The molecule has 1 aromatic heterocycles. The van der Waals surface area contributed by atoms with Crippen LogP contribution >= 0.6 is 0 Å². The minimum absolute atomic E-state index is 0.280. The van der Waals surface area contributed by atoms with E-state index in [-0.39, 0.29) is 6.54 Å². The van der Waals surface area contributed by atoms with Crippen LogP contribution in [-0.4, -0.2) is 55.1 Å². The predicted octanol–water partition coefficient (Wildman–Crippen LogP) is 0.556. The van der Waals surface area contributed by atoms with Crippen LogP contribution in [0, 0.1) is 11.3 Å². The number of sulfonamides is 1. The van der Waals surface area contributed by atoms with Crippen LogP contribution in [0.4, 0.5) is 5.82 Å². The van der Waals surface area contributed by atoms with Crippen LogP contribution in [0.2, 0.25) is 0 Å². The second-order valence-corrected chi connectivity index (χ2v) is 8.07. The van der Waals surface area contributed by atoms with Crippen molar-refractivity contribution in [2.75, 3.05) is 37.3 Å². The largest absolute Gasteiger partial charge is 0.354 e. The van der Waals surface area contributed by atoms with Crippen LogP contribution in [-0.2, 0) is 16.6 Å². The second-order valence-electron chi connectivity index (χ2n) is 6.08. The molecule has 0 amide bonds. The molecular weight excluding hydrogens is 352 g/mol. The number of nitriles is 1. The fourth-order valence-electron chi connectivity index (χ4n) is 2.82. The van der Waals surface area contributed by atoms with E-state index in [0.29, 0.717) is 43.3 Å². The molecule has 2 N–H and O–H groups in total. The molecule has 0 radical (unpaired) electrons. The molecule has 9 heteroatoms. The Labute approximate surface area is 152 Å². The Hall–Kier alpha value is -2.54. The van der Waals surface area contributed by atoms with Gasteiger partial charge >= 0.3 is 0 Å². The summed E-state index contributed by atoms with van der Waals surface area (Å²) in [6.07, 6.45) is 1.23. The standard InChI is InChI=1S/C17H20N6O2S/c1-26(24,25)23-8-6-22(7-9-23)16-10-15(12-19)20-17(21-16)14-4-2-13(11-18)3-5-14/h2-5,10H,6-9,12,19H2,1H3. The third-order valence-corrected chi connectivity index (χ3v) is 5.58. The monoisotopic (exact) mass is 372 g/mol. The average Bonchev–Trinajstić information content (AvgIpc) is 2.67. The molecule has 0 spiro atoms. The molecule has 2 heterocycles. The van der Waals surface area contributed by atoms with Gasteiger partial charge in [-0.1, -0.05) is 0 Å². The number of nitrogens with two attached hydrogens (primary N) is 1. The molecule has 0 atom stereocenters. The highest BCUT2D eigenvalue weighted by atomic mass is 32.2. The zero-order valence-corrected chi connectivity index (χ0v) is 15.3. The molecule has 8 nitrogen and oxygen atoms in total. The van der Waals surface area contributed by atoms with Gasteiger partial charge in [0.05, 0.1) is 23.6 Å². The van der Waals surface area contributed by atoms with Gasteiger partial charge in [0.25, 0.3) is 0 Å². The van der Waals surface area contributed by atoms with E-state index in [1.54, 1.807) is 24.3 Å². The van der Waals surface area contributed by atoms with E-state index in [1.165, 1.54) is 10.6 Å². The van der Waals surface area contributed by atoms with Crippen molar-refractivity contribution in [2.45, 2.75) is 6.54 Å². The number of rotatable bonds is 4. The molecular formula is C17H20N6O2S. The average molecular weight is 372 g/mol. The van der Waals surface area contributed by atoms with Crippen LogP contribution in [0.1, 0.15) is 11.3 Å². The fraction of sp³-hybridized carbons (Fsp3) is 0.353. The molecule has 3 rings (SSSR count). The number of hydrogen-bond donors (Lipinski definition) is 1. The van der Waals surface area contributed by atoms with E-state index >= 15 is 0 Å². The smallest absolute Gasteiger partial charge is 0.211 e. The number of anilines is 1. The van der Waals surface area contributed by atoms with E-state index in [2.05, 4.69) is 16.0 Å². The molecule has 136 valence electrons. The van der Waals surface area contributed by atoms with Gasteiger partial charge in [0.15, 0.2) is 5.82 Å². The van der Waals surface area contributed by atoms with Crippen molar-refractivity contribution in [1.82, 2.24) is 14.3 Å². The van der Waals surface area contributed by atoms with E-state index in [1.807, 2.05) is 11.0 Å². The summed E-state index contributed by atoms with van der Waals surface area (Å²) in [5.74, 6) is 1.27. The topological polar surface area (TPSA) is 116 Å². The zero-order valence-electron chi connectivity index (χ0n) is 14.5. The number of aromatic nitrogens is 2. The Bertz CT molecular complexity index is 929. The van der Waals surface area contributed by atoms with Crippen LogP contribution in [0.25, 0.3) is 11.4 Å². The minimum Gasteiger partial charge on any atom is -0.354 e. The summed E-state index contributed by atoms with van der Waals surface area (Å²) in [6, 6.07) is 11.0. The van der Waals surface area contributed by atoms with Crippen molar-refractivity contribution in [3.63, 3.8) is 0 Å². The van der Waals surface area contributed by atoms with Crippen molar-refractivity contribution in [2.24, 2.45) is 5.73 Å². The van der Waals surface area contributed by atoms with Crippen molar-refractivity contribution in [3.8, 4) is 17.5 Å². The lowest BCUT2D eigenvalue weighted by atomic mass is 10.1. The second kappa shape index (κ2) is 7.37. The van der Waals surface area contributed by atoms with Gasteiger partial charge in [0, 0.05) is 44.4 Å². The normalized spacial score (nSPS) is 15.7. The molecule has 0 aliphatic carbocycles. The first-order chi connectivity index (χ1) is 12.4. The fourth-order valence-corrected chi connectivity index (χ4v) is 3.65. The summed E-state index contributed by atoms with van der Waals surface area (Å²) in [5.41, 5.74) is 7.86. The Morgan fingerprint density at radius 3 is 2.35 bits per heavy atom. The number of benzene rings is 1. The maximum Gasteiger partial charge on any atom is 0.211 e. The molecule has 1 saturated heterocycles. The molecule has 1 fully saturated rings. The zero-order chi connectivity index (χ0) is 18.7. The van der Waals surface area contributed by atoms with Gasteiger partial charge in [0.1, 0.15) is 5.82 Å². The van der Waals surface area contributed by atoms with Crippen molar-refractivity contribution in [1.29, 1.82) is 5.26 Å². The number of nitrogens with zero attached hydrogens (tertiary/aromatic N) is 5. The van der Waals surface area contributed by atoms with E-state index in [0.717, 1.165) is 11.4 Å². The molecule has 1 aliphatic heterocycles. The lowest BCUT2D eigenvalue weighted by Gasteiger charge is -2.34. The van der Waals surface area contributed by atoms with E-state index in [4.69, 9.17) is 11.0 Å². The Kier molecular flexibility index (Phi) is 5.18. The highest BCUT2D eigenvalue weighted by molar-refractivity contribution is 7.88. The molecule has 1 aromatic carbocycles. The van der Waals surface area contributed by atoms with E-state index in [9.17, 15) is 8.42 Å². The van der Waals surface area contributed by atoms with Gasteiger partial charge in [-0.3, -0.25) is 0 Å². The van der Waals surface area contributed by atoms with Crippen molar-refractivity contribution >= 4 is 15.8 Å². The summed E-state index contributed by atoms with van der Waals surface area (Å²) in [6.45, 7) is 2.24. The van der Waals surface area contributed by atoms with Crippen LogP contribution in [0.15, 0.2) is 30.3 Å². The maximum absolute atomic E-state index is 11.7. The molecule has 0 bridgehead atoms. The summed E-state index contributed by atoms with van der Waals surface area (Å²) >= 11 is 0. The van der Waals surface area contributed by atoms with Gasteiger partial charge in [-0.15, -0.1) is 0 Å². The maximum atomic E-state index is 11.7. The summed E-state index contributed by atoms with van der Waals surface area (Å²) < 4.78 is 24.8. The van der Waals surface area contributed by atoms with Gasteiger partial charge < -0.3 is 10.6 Å².